The van der Waals surface area contributed by atoms with Gasteiger partial charge in [0.25, 0.3) is 0 Å². The highest BCUT2D eigenvalue weighted by molar-refractivity contribution is 6.29. The van der Waals surface area contributed by atoms with Gasteiger partial charge in [-0.25, -0.2) is 13.8 Å². The maximum absolute atomic E-state index is 14.3. The zero-order valence-corrected chi connectivity index (χ0v) is 20.6. The van der Waals surface area contributed by atoms with Crippen molar-refractivity contribution in [2.75, 3.05) is 7.11 Å². The van der Waals surface area contributed by atoms with Gasteiger partial charge in [-0.2, -0.15) is 5.10 Å². The second-order valence-electron chi connectivity index (χ2n) is 8.81. The van der Waals surface area contributed by atoms with Crippen molar-refractivity contribution in [1.29, 1.82) is 0 Å². The quantitative estimate of drug-likeness (QED) is 0.307. The second kappa shape index (κ2) is 10.3. The molecule has 2 heterocycles. The highest BCUT2D eigenvalue weighted by atomic mass is 35.5. The molecule has 1 N–H and O–H groups in total. The number of hydrogen-bond donors (Lipinski definition) is 1. The number of halogens is 2. The van der Waals surface area contributed by atoms with Crippen LogP contribution in [0.5, 0.6) is 5.75 Å². The van der Waals surface area contributed by atoms with Crippen molar-refractivity contribution in [3.05, 3.63) is 94.6 Å². The van der Waals surface area contributed by atoms with E-state index in [1.165, 1.54) is 16.8 Å². The Morgan fingerprint density at radius 2 is 2.00 bits per heavy atom. The summed E-state index contributed by atoms with van der Waals surface area (Å²) in [5, 5.41) is 23.9. The molecule has 0 aliphatic heterocycles. The molecule has 8 nitrogen and oxygen atoms in total. The molecular formula is C26H26ClFN5O3+. The standard InChI is InChI=1S/C26H26ClFN5O3/c1-16(36-15-18-5-8-20(35-2)9-6-18)21-11-19(28)7-10-23(21)33-24(12-25(27)30-33)26(34)22-14-32(31-29-22)13-17-3-4-17/h3,5-12,14,16-17,26,34H,4,13,15H2,1-2H3/q+1/t16-,17?,26?/m1/s1. The van der Waals surface area contributed by atoms with Crippen LogP contribution in [0.15, 0.2) is 54.7 Å². The van der Waals surface area contributed by atoms with Crippen LogP contribution in [0.4, 0.5) is 4.39 Å². The van der Waals surface area contributed by atoms with Gasteiger partial charge in [-0.05, 0) is 42.8 Å². The molecule has 1 fully saturated rings. The van der Waals surface area contributed by atoms with E-state index < -0.39 is 18.0 Å². The van der Waals surface area contributed by atoms with Gasteiger partial charge in [0.05, 0.1) is 50.4 Å². The largest absolute Gasteiger partial charge is 0.497 e. The van der Waals surface area contributed by atoms with E-state index in [0.29, 0.717) is 35.2 Å². The number of nitrogens with zero attached hydrogens (tertiary/aromatic N) is 5. The fraction of sp³-hybridized carbons (Fsp3) is 0.308. The van der Waals surface area contributed by atoms with Crippen LogP contribution in [0, 0.1) is 18.2 Å². The molecule has 0 saturated heterocycles. The van der Waals surface area contributed by atoms with Gasteiger partial charge in [-0.15, -0.1) is 5.10 Å². The van der Waals surface area contributed by atoms with Crippen LogP contribution in [-0.4, -0.2) is 37.0 Å². The molecule has 2 aromatic carbocycles. The fourth-order valence-corrected chi connectivity index (χ4v) is 4.18. The highest BCUT2D eigenvalue weighted by Gasteiger charge is 2.36. The van der Waals surface area contributed by atoms with E-state index >= 15 is 0 Å². The maximum atomic E-state index is 14.3. The lowest BCUT2D eigenvalue weighted by molar-refractivity contribution is 0.0522. The molecule has 3 atom stereocenters. The van der Waals surface area contributed by atoms with E-state index in [4.69, 9.17) is 21.1 Å². The first-order valence-corrected chi connectivity index (χ1v) is 12.0. The number of ether oxygens (including phenoxy) is 2. The normalized spacial score (nSPS) is 16.4. The van der Waals surface area contributed by atoms with Crippen LogP contribution < -0.4 is 4.74 Å². The molecule has 1 aliphatic rings. The van der Waals surface area contributed by atoms with E-state index in [9.17, 15) is 9.50 Å². The van der Waals surface area contributed by atoms with Crippen molar-refractivity contribution in [2.24, 2.45) is 5.92 Å². The van der Waals surface area contributed by atoms with Gasteiger partial charge in [0.1, 0.15) is 29.8 Å². The SMILES string of the molecule is COc1ccc(CO[C@H](C)c2cc(F)ccc2-n2nc(Cl)cc2C(O)c2cn(CC3[CH+]C3)nn2)cc1. The Bertz CT molecular complexity index is 1340. The van der Waals surface area contributed by atoms with Gasteiger partial charge in [-0.3, -0.25) is 0 Å². The van der Waals surface area contributed by atoms with Crippen molar-refractivity contribution in [3.8, 4) is 11.4 Å². The molecule has 2 aromatic heterocycles. The molecule has 0 bridgehead atoms. The summed E-state index contributed by atoms with van der Waals surface area (Å²) in [4.78, 5) is 0. The minimum absolute atomic E-state index is 0.186. The lowest BCUT2D eigenvalue weighted by Crippen LogP contribution is -2.13. The molecule has 1 saturated carbocycles. The number of methoxy groups -OCH3 is 1. The third-order valence-electron chi connectivity index (χ3n) is 6.13. The summed E-state index contributed by atoms with van der Waals surface area (Å²) in [5.41, 5.74) is 2.82. The summed E-state index contributed by atoms with van der Waals surface area (Å²) >= 11 is 6.25. The molecule has 0 amide bonds. The number of aliphatic hydroxyl groups is 1. The first-order chi connectivity index (χ1) is 17.4. The van der Waals surface area contributed by atoms with E-state index in [-0.39, 0.29) is 5.15 Å². The Morgan fingerprint density at radius 1 is 1.22 bits per heavy atom. The smallest absolute Gasteiger partial charge is 0.157 e. The van der Waals surface area contributed by atoms with E-state index in [0.717, 1.165) is 24.3 Å². The molecule has 0 radical (unpaired) electrons. The average molecular weight is 511 g/mol. The second-order valence-corrected chi connectivity index (χ2v) is 9.19. The molecule has 2 unspecified atom stereocenters. The van der Waals surface area contributed by atoms with E-state index in [2.05, 4.69) is 21.8 Å². The number of aliphatic hydroxyl groups excluding tert-OH is 1. The topological polar surface area (TPSA) is 87.2 Å². The van der Waals surface area contributed by atoms with Gasteiger partial charge in [0.2, 0.25) is 0 Å². The Hall–Kier alpha value is -3.40. The van der Waals surface area contributed by atoms with Crippen molar-refractivity contribution < 1.29 is 19.0 Å². The number of rotatable bonds is 10. The van der Waals surface area contributed by atoms with E-state index in [1.54, 1.807) is 30.1 Å². The van der Waals surface area contributed by atoms with Crippen LogP contribution >= 0.6 is 11.6 Å². The van der Waals surface area contributed by atoms with Crippen molar-refractivity contribution in [2.45, 2.75) is 38.7 Å². The number of benzene rings is 2. The Morgan fingerprint density at radius 3 is 2.72 bits per heavy atom. The van der Waals surface area contributed by atoms with Crippen LogP contribution in [0.1, 0.15) is 48.1 Å². The van der Waals surface area contributed by atoms with Crippen molar-refractivity contribution in [1.82, 2.24) is 24.8 Å². The molecule has 10 heteroatoms. The van der Waals surface area contributed by atoms with Crippen LogP contribution in [0.25, 0.3) is 5.69 Å². The van der Waals surface area contributed by atoms with Crippen LogP contribution in [0.2, 0.25) is 5.15 Å². The maximum Gasteiger partial charge on any atom is 0.157 e. The van der Waals surface area contributed by atoms with Gasteiger partial charge >= 0.3 is 0 Å². The number of aromatic nitrogens is 5. The zero-order valence-electron chi connectivity index (χ0n) is 19.9. The Balaban J connectivity index is 1.41. The highest BCUT2D eigenvalue weighted by Crippen LogP contribution is 2.32. The third kappa shape index (κ3) is 5.38. The van der Waals surface area contributed by atoms with Crippen molar-refractivity contribution in [3.63, 3.8) is 0 Å². The molecule has 5 rings (SSSR count). The minimum atomic E-state index is -1.13. The summed E-state index contributed by atoms with van der Waals surface area (Å²) < 4.78 is 28.8. The molecule has 0 spiro atoms. The lowest BCUT2D eigenvalue weighted by atomic mass is 10.1. The molecule has 4 aromatic rings. The molecular weight excluding hydrogens is 485 g/mol. The zero-order chi connectivity index (χ0) is 25.2. The summed E-state index contributed by atoms with van der Waals surface area (Å²) in [7, 11) is 1.61. The predicted molar refractivity (Wildman–Crippen MR) is 131 cm³/mol. The van der Waals surface area contributed by atoms with E-state index in [1.807, 2.05) is 31.2 Å². The molecule has 186 valence electrons. The average Bonchev–Trinajstić information content (AvgIpc) is 3.43. The van der Waals surface area contributed by atoms with Crippen LogP contribution in [0.3, 0.4) is 0 Å². The van der Waals surface area contributed by atoms with Gasteiger partial charge in [-0.1, -0.05) is 28.9 Å². The fourth-order valence-electron chi connectivity index (χ4n) is 3.99. The Kier molecular flexibility index (Phi) is 6.95. The third-order valence-corrected chi connectivity index (χ3v) is 6.31. The summed E-state index contributed by atoms with van der Waals surface area (Å²) in [6.07, 6.45) is 3.36. The molecule has 36 heavy (non-hydrogen) atoms. The van der Waals surface area contributed by atoms with Crippen LogP contribution in [-0.2, 0) is 17.9 Å². The Labute approximate surface area is 213 Å². The van der Waals surface area contributed by atoms with Crippen molar-refractivity contribution >= 4 is 11.6 Å². The lowest BCUT2D eigenvalue weighted by Gasteiger charge is -2.20. The van der Waals surface area contributed by atoms with Gasteiger partial charge in [0, 0.05) is 11.6 Å². The van der Waals surface area contributed by atoms with Gasteiger partial charge in [0.15, 0.2) is 11.1 Å². The molecule has 1 aliphatic carbocycles. The summed E-state index contributed by atoms with van der Waals surface area (Å²) in [6.45, 7) is 2.88. The summed E-state index contributed by atoms with van der Waals surface area (Å²) in [5.74, 6) is 0.846. The summed E-state index contributed by atoms with van der Waals surface area (Å²) in [6, 6.07) is 13.4. The monoisotopic (exact) mass is 510 g/mol. The van der Waals surface area contributed by atoms with Gasteiger partial charge < -0.3 is 14.6 Å². The first-order valence-electron chi connectivity index (χ1n) is 11.6. The predicted octanol–water partition coefficient (Wildman–Crippen LogP) is 4.85. The minimum Gasteiger partial charge on any atom is -0.497 e. The number of hydrogen-bond acceptors (Lipinski definition) is 6. The first kappa shape index (κ1) is 24.3.